The van der Waals surface area contributed by atoms with Gasteiger partial charge in [0.05, 0.1) is 31.3 Å². The maximum absolute atomic E-state index is 12.9. The normalized spacial score (nSPS) is 14.7. The summed E-state index contributed by atoms with van der Waals surface area (Å²) in [5, 5.41) is 1.07. The molecule has 3 aromatic rings. The van der Waals surface area contributed by atoms with Crippen molar-refractivity contribution in [2.24, 2.45) is 0 Å². The Balaban J connectivity index is 1.57. The number of ether oxygens (including phenoxy) is 2. The van der Waals surface area contributed by atoms with Crippen molar-refractivity contribution in [1.29, 1.82) is 0 Å². The molecule has 0 N–H and O–H groups in total. The van der Waals surface area contributed by atoms with Crippen LogP contribution < -0.4 is 14.4 Å². The van der Waals surface area contributed by atoms with E-state index in [0.717, 1.165) is 25.8 Å². The molecule has 2 amide bonds. The smallest absolute Gasteiger partial charge is 0.298 e. The van der Waals surface area contributed by atoms with Crippen molar-refractivity contribution in [2.45, 2.75) is 6.61 Å². The zero-order chi connectivity index (χ0) is 24.4. The maximum Gasteiger partial charge on any atom is 0.298 e. The fourth-order valence-electron chi connectivity index (χ4n) is 3.18. The minimum Gasteiger partial charge on any atom is -0.493 e. The molecule has 0 unspecified atom stereocenters. The Morgan fingerprint density at radius 3 is 2.41 bits per heavy atom. The second kappa shape index (κ2) is 10.8. The molecule has 0 bridgehead atoms. The highest BCUT2D eigenvalue weighted by molar-refractivity contribution is 14.1. The highest BCUT2D eigenvalue weighted by Crippen LogP contribution is 2.39. The summed E-state index contributed by atoms with van der Waals surface area (Å²) in [6, 6.07) is 15.4. The molecule has 0 aliphatic carbocycles. The second-order valence-electron chi connectivity index (χ2n) is 7.06. The number of carbonyl (C=O) groups is 2. The van der Waals surface area contributed by atoms with Crippen LogP contribution in [0.25, 0.3) is 6.08 Å². The molecule has 3 aromatic carbocycles. The van der Waals surface area contributed by atoms with E-state index < -0.39 is 5.91 Å². The third kappa shape index (κ3) is 5.49. The molecular weight excluding hydrogens is 632 g/mol. The lowest BCUT2D eigenvalue weighted by Gasteiger charge is -2.14. The highest BCUT2D eigenvalue weighted by Gasteiger charge is 2.36. The Hall–Kier alpha value is -1.91. The summed E-state index contributed by atoms with van der Waals surface area (Å²) in [6.07, 6.45) is 1.66. The molecular formula is C24H15Cl3INO4S. The standard InChI is InChI=1S/C24H15Cl3INO4S/c1-32-20-10-14(9-19(28)22(20)33-12-13-2-7-17(26)18(27)8-13)11-21-23(30)29(24(31)34-21)16-5-3-15(25)4-6-16/h2-11H,12H2,1H3/b21-11+. The van der Waals surface area contributed by atoms with E-state index in [0.29, 0.717) is 42.7 Å². The molecule has 174 valence electrons. The predicted octanol–water partition coefficient (Wildman–Crippen LogP) is 8.08. The third-order valence-electron chi connectivity index (χ3n) is 4.80. The van der Waals surface area contributed by atoms with E-state index in [1.807, 2.05) is 12.1 Å². The molecule has 0 spiro atoms. The highest BCUT2D eigenvalue weighted by atomic mass is 127. The number of nitrogens with zero attached hydrogens (tertiary/aromatic N) is 1. The van der Waals surface area contributed by atoms with Gasteiger partial charge in [-0.3, -0.25) is 9.59 Å². The minimum absolute atomic E-state index is 0.266. The van der Waals surface area contributed by atoms with Crippen LogP contribution in [0.2, 0.25) is 15.1 Å². The van der Waals surface area contributed by atoms with Gasteiger partial charge in [0.2, 0.25) is 0 Å². The lowest BCUT2D eigenvalue weighted by molar-refractivity contribution is -0.113. The first-order valence-electron chi connectivity index (χ1n) is 9.74. The summed E-state index contributed by atoms with van der Waals surface area (Å²) in [5.41, 5.74) is 2.02. The van der Waals surface area contributed by atoms with Crippen molar-refractivity contribution in [3.8, 4) is 11.5 Å². The molecule has 10 heteroatoms. The van der Waals surface area contributed by atoms with E-state index in [2.05, 4.69) is 22.6 Å². The van der Waals surface area contributed by atoms with Crippen molar-refractivity contribution in [2.75, 3.05) is 12.0 Å². The average Bonchev–Trinajstić information content (AvgIpc) is 3.08. The van der Waals surface area contributed by atoms with Crippen LogP contribution in [0.5, 0.6) is 11.5 Å². The van der Waals surface area contributed by atoms with Crippen LogP contribution >= 0.6 is 69.2 Å². The second-order valence-corrected chi connectivity index (χ2v) is 10.5. The first kappa shape index (κ1) is 25.2. The number of methoxy groups -OCH3 is 1. The van der Waals surface area contributed by atoms with Gasteiger partial charge in [-0.05, 0) is 100 Å². The zero-order valence-electron chi connectivity index (χ0n) is 17.5. The largest absolute Gasteiger partial charge is 0.493 e. The van der Waals surface area contributed by atoms with Crippen LogP contribution in [0.3, 0.4) is 0 Å². The Labute approximate surface area is 229 Å². The predicted molar refractivity (Wildman–Crippen MR) is 146 cm³/mol. The van der Waals surface area contributed by atoms with Crippen molar-refractivity contribution in [1.82, 2.24) is 0 Å². The van der Waals surface area contributed by atoms with Crippen molar-refractivity contribution in [3.05, 3.63) is 89.3 Å². The van der Waals surface area contributed by atoms with Gasteiger partial charge >= 0.3 is 0 Å². The molecule has 0 saturated carbocycles. The Morgan fingerprint density at radius 2 is 1.74 bits per heavy atom. The minimum atomic E-state index is -0.397. The van der Waals surface area contributed by atoms with Gasteiger partial charge in [-0.1, -0.05) is 40.9 Å². The monoisotopic (exact) mass is 645 g/mol. The SMILES string of the molecule is COc1cc(/C=C2/SC(=O)N(c3ccc(Cl)cc3)C2=O)cc(I)c1OCc1ccc(Cl)c(Cl)c1. The van der Waals surface area contributed by atoms with Crippen molar-refractivity contribution in [3.63, 3.8) is 0 Å². The lowest BCUT2D eigenvalue weighted by Crippen LogP contribution is -2.27. The van der Waals surface area contributed by atoms with E-state index in [9.17, 15) is 9.59 Å². The Bertz CT molecular complexity index is 1310. The first-order valence-corrected chi connectivity index (χ1v) is 12.8. The molecule has 1 aliphatic heterocycles. The maximum atomic E-state index is 12.9. The van der Waals surface area contributed by atoms with Crippen molar-refractivity contribution >= 4 is 92.1 Å². The fourth-order valence-corrected chi connectivity index (χ4v) is 5.25. The van der Waals surface area contributed by atoms with E-state index in [1.54, 1.807) is 48.5 Å². The van der Waals surface area contributed by atoms with Crippen LogP contribution in [0.15, 0.2) is 59.5 Å². The molecule has 1 saturated heterocycles. The summed E-state index contributed by atoms with van der Waals surface area (Å²) in [4.78, 5) is 26.9. The van der Waals surface area contributed by atoms with Gasteiger partial charge in [-0.25, -0.2) is 4.90 Å². The molecule has 1 fully saturated rings. The number of amides is 2. The van der Waals surface area contributed by atoms with Gasteiger partial charge in [-0.2, -0.15) is 0 Å². The van der Waals surface area contributed by atoms with E-state index in [1.165, 1.54) is 7.11 Å². The van der Waals surface area contributed by atoms with Crippen LogP contribution in [-0.4, -0.2) is 18.3 Å². The average molecular weight is 647 g/mol. The molecule has 1 aliphatic rings. The van der Waals surface area contributed by atoms with Gasteiger partial charge < -0.3 is 9.47 Å². The third-order valence-corrected chi connectivity index (χ3v) is 7.46. The number of imide groups is 1. The Morgan fingerprint density at radius 1 is 1.00 bits per heavy atom. The summed E-state index contributed by atoms with van der Waals surface area (Å²) in [7, 11) is 1.54. The molecule has 4 rings (SSSR count). The van der Waals surface area contributed by atoms with Crippen LogP contribution in [-0.2, 0) is 11.4 Å². The fraction of sp³-hybridized carbons (Fsp3) is 0.0833. The quantitative estimate of drug-likeness (QED) is 0.200. The first-order chi connectivity index (χ1) is 16.3. The number of anilines is 1. The number of hydrogen-bond acceptors (Lipinski definition) is 5. The summed E-state index contributed by atoms with van der Waals surface area (Å²) in [6.45, 7) is 0.266. The Kier molecular flexibility index (Phi) is 7.99. The number of rotatable bonds is 6. The molecule has 0 atom stereocenters. The summed E-state index contributed by atoms with van der Waals surface area (Å²) >= 11 is 21.0. The van der Waals surface area contributed by atoms with Crippen LogP contribution in [0, 0.1) is 3.57 Å². The van der Waals surface area contributed by atoms with Gasteiger partial charge in [0.1, 0.15) is 6.61 Å². The molecule has 34 heavy (non-hydrogen) atoms. The lowest BCUT2D eigenvalue weighted by atomic mass is 10.1. The van der Waals surface area contributed by atoms with Crippen molar-refractivity contribution < 1.29 is 19.1 Å². The molecule has 0 aromatic heterocycles. The van der Waals surface area contributed by atoms with E-state index in [-0.39, 0.29) is 11.8 Å². The molecule has 1 heterocycles. The number of carbonyl (C=O) groups excluding carboxylic acids is 2. The number of halogens is 4. The van der Waals surface area contributed by atoms with E-state index >= 15 is 0 Å². The number of benzene rings is 3. The van der Waals surface area contributed by atoms with Crippen LogP contribution in [0.4, 0.5) is 10.5 Å². The summed E-state index contributed by atoms with van der Waals surface area (Å²) in [5.74, 6) is 0.655. The molecule has 0 radical (unpaired) electrons. The number of thioether (sulfide) groups is 1. The topological polar surface area (TPSA) is 55.8 Å². The van der Waals surface area contributed by atoms with Gasteiger partial charge in [-0.15, -0.1) is 0 Å². The van der Waals surface area contributed by atoms with Crippen LogP contribution in [0.1, 0.15) is 11.1 Å². The van der Waals surface area contributed by atoms with Gasteiger partial charge in [0.25, 0.3) is 11.1 Å². The van der Waals surface area contributed by atoms with Gasteiger partial charge in [0.15, 0.2) is 11.5 Å². The van der Waals surface area contributed by atoms with E-state index in [4.69, 9.17) is 44.3 Å². The van der Waals surface area contributed by atoms with Gasteiger partial charge in [0, 0.05) is 5.02 Å². The zero-order valence-corrected chi connectivity index (χ0v) is 22.7. The molecule has 5 nitrogen and oxygen atoms in total. The number of hydrogen-bond donors (Lipinski definition) is 0. The summed E-state index contributed by atoms with van der Waals surface area (Å²) < 4.78 is 12.3.